The lowest BCUT2D eigenvalue weighted by Gasteiger charge is -2.28. The molecular formula is C21H25FN2O4. The molecular weight excluding hydrogens is 363 g/mol. The lowest BCUT2D eigenvalue weighted by molar-refractivity contribution is -0.142. The van der Waals surface area contributed by atoms with E-state index in [-0.39, 0.29) is 19.1 Å². The van der Waals surface area contributed by atoms with Crippen molar-refractivity contribution in [2.75, 3.05) is 20.3 Å². The molecule has 2 rings (SSSR count). The molecule has 0 saturated heterocycles. The Labute approximate surface area is 164 Å². The molecule has 0 aliphatic heterocycles. The third kappa shape index (κ3) is 5.45. The number of methoxy groups -OCH3 is 1. The fourth-order valence-corrected chi connectivity index (χ4v) is 2.68. The van der Waals surface area contributed by atoms with Gasteiger partial charge in [-0.3, -0.25) is 9.59 Å². The minimum absolute atomic E-state index is 0.0426. The van der Waals surface area contributed by atoms with Crippen LogP contribution < -0.4 is 14.8 Å². The number of rotatable bonds is 9. The third-order valence-electron chi connectivity index (χ3n) is 4.24. The fraction of sp³-hybridized carbons (Fsp3) is 0.333. The molecule has 28 heavy (non-hydrogen) atoms. The maximum absolute atomic E-state index is 14.1. The van der Waals surface area contributed by atoms with Crippen molar-refractivity contribution in [2.45, 2.75) is 26.4 Å². The number of hydrogen-bond acceptors (Lipinski definition) is 4. The number of para-hydroxylation sites is 2. The summed E-state index contributed by atoms with van der Waals surface area (Å²) in [7, 11) is 1.51. The summed E-state index contributed by atoms with van der Waals surface area (Å²) >= 11 is 0. The van der Waals surface area contributed by atoms with Crippen LogP contribution in [0.15, 0.2) is 48.5 Å². The number of carbonyl (C=O) groups is 2. The van der Waals surface area contributed by atoms with Crippen LogP contribution in [0, 0.1) is 5.82 Å². The van der Waals surface area contributed by atoms with Gasteiger partial charge in [0.1, 0.15) is 11.9 Å². The Hall–Kier alpha value is -3.09. The van der Waals surface area contributed by atoms with E-state index in [0.717, 1.165) is 0 Å². The first kappa shape index (κ1) is 21.2. The minimum Gasteiger partial charge on any atom is -0.493 e. The van der Waals surface area contributed by atoms with Crippen LogP contribution in [-0.4, -0.2) is 43.0 Å². The van der Waals surface area contributed by atoms with Gasteiger partial charge in [0.25, 0.3) is 5.91 Å². The molecule has 1 N–H and O–H groups in total. The highest BCUT2D eigenvalue weighted by atomic mass is 19.1. The Morgan fingerprint density at radius 1 is 1.11 bits per heavy atom. The smallest absolute Gasteiger partial charge is 0.261 e. The summed E-state index contributed by atoms with van der Waals surface area (Å²) in [5.74, 6) is -0.283. The minimum atomic E-state index is -0.784. The van der Waals surface area contributed by atoms with Gasteiger partial charge in [0.15, 0.2) is 18.1 Å². The van der Waals surface area contributed by atoms with Gasteiger partial charge in [-0.2, -0.15) is 0 Å². The Morgan fingerprint density at radius 2 is 1.75 bits per heavy atom. The SMILES string of the molecule is CCNC(=O)C(C)N(Cc1ccccc1F)C(=O)COc1ccccc1OC. The number of amides is 2. The number of hydrogen-bond donors (Lipinski definition) is 1. The molecule has 1 unspecified atom stereocenters. The highest BCUT2D eigenvalue weighted by Gasteiger charge is 2.27. The molecule has 7 heteroatoms. The summed E-state index contributed by atoms with van der Waals surface area (Å²) in [5, 5.41) is 2.69. The number of halogens is 1. The average Bonchev–Trinajstić information content (AvgIpc) is 2.71. The zero-order valence-electron chi connectivity index (χ0n) is 16.3. The maximum atomic E-state index is 14.1. The van der Waals surface area contributed by atoms with Gasteiger partial charge in [-0.25, -0.2) is 4.39 Å². The summed E-state index contributed by atoms with van der Waals surface area (Å²) in [6.45, 7) is 3.48. The van der Waals surface area contributed by atoms with Gasteiger partial charge in [-0.05, 0) is 32.0 Å². The van der Waals surface area contributed by atoms with Crippen molar-refractivity contribution in [3.8, 4) is 11.5 Å². The molecule has 0 heterocycles. The molecule has 0 bridgehead atoms. The van der Waals surface area contributed by atoms with E-state index in [1.807, 2.05) is 0 Å². The molecule has 0 radical (unpaired) electrons. The quantitative estimate of drug-likeness (QED) is 0.717. The Balaban J connectivity index is 2.18. The van der Waals surface area contributed by atoms with Gasteiger partial charge >= 0.3 is 0 Å². The summed E-state index contributed by atoms with van der Waals surface area (Å²) in [6.07, 6.45) is 0. The molecule has 6 nitrogen and oxygen atoms in total. The van der Waals surface area contributed by atoms with Crippen molar-refractivity contribution in [3.05, 3.63) is 59.9 Å². The van der Waals surface area contributed by atoms with Gasteiger partial charge in [-0.1, -0.05) is 30.3 Å². The van der Waals surface area contributed by atoms with E-state index >= 15 is 0 Å². The van der Waals surface area contributed by atoms with Crippen LogP contribution in [0.3, 0.4) is 0 Å². The van der Waals surface area contributed by atoms with Gasteiger partial charge in [0, 0.05) is 18.7 Å². The summed E-state index contributed by atoms with van der Waals surface area (Å²) in [5.41, 5.74) is 0.323. The van der Waals surface area contributed by atoms with Crippen LogP contribution in [0.1, 0.15) is 19.4 Å². The normalized spacial score (nSPS) is 11.4. The number of likely N-dealkylation sites (N-methyl/N-ethyl adjacent to an activating group) is 1. The molecule has 150 valence electrons. The predicted octanol–water partition coefficient (Wildman–Crippen LogP) is 2.77. The van der Waals surface area contributed by atoms with Gasteiger partial charge in [-0.15, -0.1) is 0 Å². The number of nitrogens with one attached hydrogen (secondary N) is 1. The first-order chi connectivity index (χ1) is 13.5. The van der Waals surface area contributed by atoms with E-state index in [0.29, 0.717) is 23.6 Å². The maximum Gasteiger partial charge on any atom is 0.261 e. The van der Waals surface area contributed by atoms with Gasteiger partial charge in [0.2, 0.25) is 5.91 Å². The molecule has 2 aromatic rings. The third-order valence-corrected chi connectivity index (χ3v) is 4.24. The van der Waals surface area contributed by atoms with E-state index in [1.54, 1.807) is 56.3 Å². The first-order valence-electron chi connectivity index (χ1n) is 9.04. The molecule has 0 saturated carbocycles. The Morgan fingerprint density at radius 3 is 2.39 bits per heavy atom. The molecule has 2 aromatic carbocycles. The first-order valence-corrected chi connectivity index (χ1v) is 9.04. The van der Waals surface area contributed by atoms with E-state index in [9.17, 15) is 14.0 Å². The van der Waals surface area contributed by atoms with Crippen LogP contribution in [0.4, 0.5) is 4.39 Å². The zero-order chi connectivity index (χ0) is 20.5. The van der Waals surface area contributed by atoms with E-state index < -0.39 is 17.8 Å². The summed E-state index contributed by atoms with van der Waals surface area (Å²) in [4.78, 5) is 26.4. The van der Waals surface area contributed by atoms with Gasteiger partial charge < -0.3 is 19.7 Å². The lowest BCUT2D eigenvalue weighted by atomic mass is 10.1. The number of nitrogens with zero attached hydrogens (tertiary/aromatic N) is 1. The van der Waals surface area contributed by atoms with E-state index in [4.69, 9.17) is 9.47 Å². The Bertz CT molecular complexity index is 812. The van der Waals surface area contributed by atoms with Crippen LogP contribution in [0.25, 0.3) is 0 Å². The molecule has 1 atom stereocenters. The van der Waals surface area contributed by atoms with Crippen molar-refractivity contribution in [1.29, 1.82) is 0 Å². The average molecular weight is 388 g/mol. The van der Waals surface area contributed by atoms with Crippen LogP contribution in [0.2, 0.25) is 0 Å². The second-order valence-corrected chi connectivity index (χ2v) is 6.12. The van der Waals surface area contributed by atoms with E-state index in [1.165, 1.54) is 18.1 Å². The Kier molecular flexibility index (Phi) is 7.80. The monoisotopic (exact) mass is 388 g/mol. The van der Waals surface area contributed by atoms with Crippen molar-refractivity contribution >= 4 is 11.8 Å². The lowest BCUT2D eigenvalue weighted by Crippen LogP contribution is -2.49. The summed E-state index contributed by atoms with van der Waals surface area (Å²) < 4.78 is 24.9. The second kappa shape index (κ2) is 10.3. The van der Waals surface area contributed by atoms with Crippen LogP contribution in [0.5, 0.6) is 11.5 Å². The topological polar surface area (TPSA) is 67.9 Å². The van der Waals surface area contributed by atoms with Crippen LogP contribution >= 0.6 is 0 Å². The predicted molar refractivity (Wildman–Crippen MR) is 104 cm³/mol. The van der Waals surface area contributed by atoms with Crippen molar-refractivity contribution in [2.24, 2.45) is 0 Å². The molecule has 0 aliphatic rings. The standard InChI is InChI=1S/C21H25FN2O4/c1-4-23-21(26)15(2)24(13-16-9-5-6-10-17(16)22)20(25)14-28-19-12-8-7-11-18(19)27-3/h5-12,15H,4,13-14H2,1-3H3,(H,23,26). The van der Waals surface area contributed by atoms with Crippen molar-refractivity contribution in [1.82, 2.24) is 10.2 Å². The highest BCUT2D eigenvalue weighted by molar-refractivity contribution is 5.87. The molecule has 2 amide bonds. The molecule has 0 fully saturated rings. The van der Waals surface area contributed by atoms with E-state index in [2.05, 4.69) is 5.32 Å². The largest absolute Gasteiger partial charge is 0.493 e. The summed E-state index contributed by atoms with van der Waals surface area (Å²) in [6, 6.07) is 12.3. The van der Waals surface area contributed by atoms with Crippen LogP contribution in [-0.2, 0) is 16.1 Å². The number of benzene rings is 2. The molecule has 0 aliphatic carbocycles. The van der Waals surface area contributed by atoms with Crippen molar-refractivity contribution in [3.63, 3.8) is 0 Å². The fourth-order valence-electron chi connectivity index (χ4n) is 2.68. The highest BCUT2D eigenvalue weighted by Crippen LogP contribution is 2.26. The number of ether oxygens (including phenoxy) is 2. The number of carbonyl (C=O) groups excluding carboxylic acids is 2. The zero-order valence-corrected chi connectivity index (χ0v) is 16.3. The molecule has 0 spiro atoms. The second-order valence-electron chi connectivity index (χ2n) is 6.12. The van der Waals surface area contributed by atoms with Crippen molar-refractivity contribution < 1.29 is 23.5 Å². The molecule has 0 aromatic heterocycles. The van der Waals surface area contributed by atoms with Gasteiger partial charge in [0.05, 0.1) is 7.11 Å².